The van der Waals surface area contributed by atoms with Gasteiger partial charge in [-0.15, -0.1) is 0 Å². The van der Waals surface area contributed by atoms with Gasteiger partial charge in [-0.25, -0.2) is 0 Å². The number of rotatable bonds is 5. The van der Waals surface area contributed by atoms with Gasteiger partial charge >= 0.3 is 5.97 Å². The Hall–Kier alpha value is -1.06. The predicted octanol–water partition coefficient (Wildman–Crippen LogP) is 2.33. The molecule has 0 heterocycles. The van der Waals surface area contributed by atoms with Gasteiger partial charge in [-0.05, 0) is 19.3 Å². The molecule has 0 spiro atoms. The summed E-state index contributed by atoms with van der Waals surface area (Å²) in [6, 6.07) is 0. The van der Waals surface area contributed by atoms with Gasteiger partial charge in [-0.2, -0.15) is 0 Å². The molecule has 1 saturated carbocycles. The lowest BCUT2D eigenvalue weighted by Crippen LogP contribution is -2.51. The molecule has 1 fully saturated rings. The van der Waals surface area contributed by atoms with Crippen LogP contribution in [0.1, 0.15) is 59.3 Å². The smallest absolute Gasteiger partial charge is 0.305 e. The third kappa shape index (κ3) is 3.45. The summed E-state index contributed by atoms with van der Waals surface area (Å²) in [6.07, 6.45) is 4.36. The lowest BCUT2D eigenvalue weighted by Gasteiger charge is -2.33. The van der Waals surface area contributed by atoms with Crippen LogP contribution >= 0.6 is 0 Å². The minimum absolute atomic E-state index is 0.0249. The monoisotopic (exact) mass is 241 g/mol. The van der Waals surface area contributed by atoms with E-state index in [-0.39, 0.29) is 12.3 Å². The van der Waals surface area contributed by atoms with Gasteiger partial charge in [0.15, 0.2) is 0 Å². The quantitative estimate of drug-likeness (QED) is 0.776. The van der Waals surface area contributed by atoms with E-state index in [9.17, 15) is 9.59 Å². The van der Waals surface area contributed by atoms with Crippen molar-refractivity contribution in [1.82, 2.24) is 5.32 Å². The first-order valence-electron chi connectivity index (χ1n) is 6.36. The maximum Gasteiger partial charge on any atom is 0.305 e. The molecule has 2 N–H and O–H groups in total. The van der Waals surface area contributed by atoms with Crippen molar-refractivity contribution in [1.29, 1.82) is 0 Å². The maximum absolute atomic E-state index is 12.1. The fourth-order valence-electron chi connectivity index (χ4n) is 2.26. The first kappa shape index (κ1) is 14.0. The Kier molecular flexibility index (Phi) is 4.17. The van der Waals surface area contributed by atoms with Crippen molar-refractivity contribution < 1.29 is 14.7 Å². The summed E-state index contributed by atoms with van der Waals surface area (Å²) >= 11 is 0. The second kappa shape index (κ2) is 5.07. The first-order valence-corrected chi connectivity index (χ1v) is 6.36. The van der Waals surface area contributed by atoms with Crippen LogP contribution in [0.4, 0.5) is 0 Å². The normalized spacial score (nSPS) is 19.0. The number of hydrogen-bond acceptors (Lipinski definition) is 2. The first-order chi connectivity index (χ1) is 7.81. The van der Waals surface area contributed by atoms with Crippen molar-refractivity contribution in [3.63, 3.8) is 0 Å². The van der Waals surface area contributed by atoms with Gasteiger partial charge in [-0.1, -0.05) is 33.6 Å². The Morgan fingerprint density at radius 2 is 1.82 bits per heavy atom. The molecule has 98 valence electrons. The molecule has 0 aromatic rings. The van der Waals surface area contributed by atoms with Crippen molar-refractivity contribution >= 4 is 11.9 Å². The van der Waals surface area contributed by atoms with Crippen molar-refractivity contribution in [2.24, 2.45) is 5.41 Å². The molecule has 17 heavy (non-hydrogen) atoms. The molecular weight excluding hydrogens is 218 g/mol. The highest BCUT2D eigenvalue weighted by Gasteiger charge is 2.40. The van der Waals surface area contributed by atoms with E-state index in [1.165, 1.54) is 0 Å². The molecule has 0 unspecified atom stereocenters. The van der Waals surface area contributed by atoms with Gasteiger partial charge in [0, 0.05) is 5.41 Å². The minimum Gasteiger partial charge on any atom is -0.481 e. The molecule has 0 bridgehead atoms. The molecule has 0 saturated heterocycles. The highest BCUT2D eigenvalue weighted by Crippen LogP contribution is 2.34. The fraction of sp³-hybridized carbons (Fsp3) is 0.846. The molecule has 0 atom stereocenters. The van der Waals surface area contributed by atoms with E-state index in [0.717, 1.165) is 32.1 Å². The van der Waals surface area contributed by atoms with E-state index in [1.807, 2.05) is 20.8 Å². The molecule has 0 radical (unpaired) electrons. The van der Waals surface area contributed by atoms with Crippen molar-refractivity contribution in [2.45, 2.75) is 64.8 Å². The fourth-order valence-corrected chi connectivity index (χ4v) is 2.26. The van der Waals surface area contributed by atoms with E-state index >= 15 is 0 Å². The van der Waals surface area contributed by atoms with Crippen LogP contribution < -0.4 is 5.32 Å². The van der Waals surface area contributed by atoms with Crippen LogP contribution in [0.3, 0.4) is 0 Å². The number of carboxylic acid groups (broad SMARTS) is 1. The summed E-state index contributed by atoms with van der Waals surface area (Å²) in [5.41, 5.74) is -0.927. The Labute approximate surface area is 103 Å². The molecule has 0 aromatic heterocycles. The number of aliphatic carboxylic acids is 1. The highest BCUT2D eigenvalue weighted by molar-refractivity contribution is 5.83. The van der Waals surface area contributed by atoms with Gasteiger partial charge < -0.3 is 10.4 Å². The predicted molar refractivity (Wildman–Crippen MR) is 65.7 cm³/mol. The van der Waals surface area contributed by atoms with Crippen molar-refractivity contribution in [2.75, 3.05) is 0 Å². The average Bonchev–Trinajstić information content (AvgIpc) is 2.65. The van der Waals surface area contributed by atoms with Gasteiger partial charge in [0.2, 0.25) is 5.91 Å². The average molecular weight is 241 g/mol. The largest absolute Gasteiger partial charge is 0.481 e. The lowest BCUT2D eigenvalue weighted by atomic mass is 9.86. The Balaban J connectivity index is 2.74. The van der Waals surface area contributed by atoms with Gasteiger partial charge in [0.25, 0.3) is 0 Å². The summed E-state index contributed by atoms with van der Waals surface area (Å²) in [5.74, 6) is -0.857. The van der Waals surface area contributed by atoms with Crippen LogP contribution in [0.5, 0.6) is 0 Å². The molecule has 0 aromatic carbocycles. The maximum atomic E-state index is 12.1. The topological polar surface area (TPSA) is 66.4 Å². The van der Waals surface area contributed by atoms with E-state index in [0.29, 0.717) is 0 Å². The second-order valence-electron chi connectivity index (χ2n) is 5.75. The van der Waals surface area contributed by atoms with Crippen LogP contribution in [0.25, 0.3) is 0 Å². The van der Waals surface area contributed by atoms with Crippen LogP contribution in [0.15, 0.2) is 0 Å². The Morgan fingerprint density at radius 1 is 1.29 bits per heavy atom. The molecule has 1 aliphatic rings. The van der Waals surface area contributed by atoms with Crippen LogP contribution in [-0.2, 0) is 9.59 Å². The number of carbonyl (C=O) groups is 2. The third-order valence-electron chi connectivity index (χ3n) is 3.93. The van der Waals surface area contributed by atoms with Crippen LogP contribution in [0, 0.1) is 5.41 Å². The number of nitrogens with one attached hydrogen (secondary N) is 1. The zero-order chi connectivity index (χ0) is 13.1. The SMILES string of the molecule is CCC(C)(C)C(=O)NC1(CC(=O)O)CCCC1. The summed E-state index contributed by atoms with van der Waals surface area (Å²) in [6.45, 7) is 5.76. The molecule has 4 nitrogen and oxygen atoms in total. The lowest BCUT2D eigenvalue weighted by molar-refractivity contribution is -0.140. The zero-order valence-electron chi connectivity index (χ0n) is 11.0. The Morgan fingerprint density at radius 3 is 2.24 bits per heavy atom. The second-order valence-corrected chi connectivity index (χ2v) is 5.75. The zero-order valence-corrected chi connectivity index (χ0v) is 11.0. The number of hydrogen-bond donors (Lipinski definition) is 2. The molecule has 1 aliphatic carbocycles. The summed E-state index contributed by atoms with van der Waals surface area (Å²) in [5, 5.41) is 12.0. The molecule has 0 aliphatic heterocycles. The van der Waals surface area contributed by atoms with E-state index in [1.54, 1.807) is 0 Å². The Bertz CT molecular complexity index is 304. The molecule has 4 heteroatoms. The van der Waals surface area contributed by atoms with Gasteiger partial charge in [0.05, 0.1) is 12.0 Å². The third-order valence-corrected chi connectivity index (χ3v) is 3.93. The van der Waals surface area contributed by atoms with Gasteiger partial charge in [0.1, 0.15) is 0 Å². The summed E-state index contributed by atoms with van der Waals surface area (Å²) < 4.78 is 0. The van der Waals surface area contributed by atoms with E-state index in [2.05, 4.69) is 5.32 Å². The number of carboxylic acids is 1. The van der Waals surface area contributed by atoms with Gasteiger partial charge in [-0.3, -0.25) is 9.59 Å². The highest BCUT2D eigenvalue weighted by atomic mass is 16.4. The van der Waals surface area contributed by atoms with E-state index < -0.39 is 16.9 Å². The standard InChI is InChI=1S/C13H23NO3/c1-4-12(2,3)11(17)14-13(9-10(15)16)7-5-6-8-13/h4-9H2,1-3H3,(H,14,17)(H,15,16). The number of carbonyl (C=O) groups excluding carboxylic acids is 1. The molecule has 1 amide bonds. The van der Waals surface area contributed by atoms with Crippen molar-refractivity contribution in [3.05, 3.63) is 0 Å². The summed E-state index contributed by atoms with van der Waals surface area (Å²) in [7, 11) is 0. The molecular formula is C13H23NO3. The van der Waals surface area contributed by atoms with Crippen LogP contribution in [-0.4, -0.2) is 22.5 Å². The minimum atomic E-state index is -0.832. The number of amides is 1. The summed E-state index contributed by atoms with van der Waals surface area (Å²) in [4.78, 5) is 23.0. The van der Waals surface area contributed by atoms with E-state index in [4.69, 9.17) is 5.11 Å². The van der Waals surface area contributed by atoms with Crippen molar-refractivity contribution in [3.8, 4) is 0 Å². The van der Waals surface area contributed by atoms with Crippen LogP contribution in [0.2, 0.25) is 0 Å². The molecule has 1 rings (SSSR count).